The van der Waals surface area contributed by atoms with Gasteiger partial charge in [0.15, 0.2) is 0 Å². The van der Waals surface area contributed by atoms with Crippen LogP contribution in [0.25, 0.3) is 11.0 Å². The Morgan fingerprint density at radius 1 is 1.04 bits per heavy atom. The van der Waals surface area contributed by atoms with E-state index in [-0.39, 0.29) is 5.63 Å². The number of likely N-dealkylation sites (N-methyl/N-ethyl adjacent to an activating group) is 1. The molecule has 0 aliphatic rings. The van der Waals surface area contributed by atoms with Crippen molar-refractivity contribution in [2.75, 3.05) is 27.3 Å². The van der Waals surface area contributed by atoms with Gasteiger partial charge in [-0.2, -0.15) is 0 Å². The third kappa shape index (κ3) is 4.43. The molecule has 0 N–H and O–H groups in total. The topological polar surface area (TPSA) is 51.9 Å². The summed E-state index contributed by atoms with van der Waals surface area (Å²) in [5.74, 6) is 1.53. The van der Waals surface area contributed by atoms with Gasteiger partial charge >= 0.3 is 5.63 Å². The maximum Gasteiger partial charge on any atom is 0.336 e. The fourth-order valence-corrected chi connectivity index (χ4v) is 2.79. The van der Waals surface area contributed by atoms with Crippen LogP contribution in [0.2, 0.25) is 0 Å². The first kappa shape index (κ1) is 18.0. The van der Waals surface area contributed by atoms with E-state index < -0.39 is 0 Å². The van der Waals surface area contributed by atoms with Crippen LogP contribution in [0.5, 0.6) is 11.5 Å². The average Bonchev–Trinajstić information content (AvgIpc) is 2.62. The molecule has 0 saturated carbocycles. The second-order valence-electron chi connectivity index (χ2n) is 6.35. The summed E-state index contributed by atoms with van der Waals surface area (Å²) in [6.07, 6.45) is 0. The van der Waals surface area contributed by atoms with Gasteiger partial charge < -0.3 is 13.9 Å². The summed E-state index contributed by atoms with van der Waals surface area (Å²) in [6, 6.07) is 15.1. The zero-order chi connectivity index (χ0) is 18.5. The van der Waals surface area contributed by atoms with Crippen molar-refractivity contribution in [3.63, 3.8) is 0 Å². The minimum atomic E-state index is -0.356. The van der Waals surface area contributed by atoms with Gasteiger partial charge in [-0.05, 0) is 43.8 Å². The van der Waals surface area contributed by atoms with E-state index in [4.69, 9.17) is 13.9 Å². The quantitative estimate of drug-likeness (QED) is 0.607. The van der Waals surface area contributed by atoms with Gasteiger partial charge in [-0.1, -0.05) is 17.7 Å². The van der Waals surface area contributed by atoms with Crippen LogP contribution in [-0.4, -0.2) is 32.2 Å². The maximum absolute atomic E-state index is 11.9. The first-order chi connectivity index (χ1) is 12.5. The molecule has 0 spiro atoms. The molecule has 0 aliphatic carbocycles. The van der Waals surface area contributed by atoms with Crippen molar-refractivity contribution in [1.29, 1.82) is 0 Å². The predicted molar refractivity (Wildman–Crippen MR) is 102 cm³/mol. The van der Waals surface area contributed by atoms with E-state index in [9.17, 15) is 4.79 Å². The molecule has 0 saturated heterocycles. The fourth-order valence-electron chi connectivity index (χ4n) is 2.79. The van der Waals surface area contributed by atoms with Crippen molar-refractivity contribution >= 4 is 11.0 Å². The molecular formula is C21H23NO4. The highest BCUT2D eigenvalue weighted by molar-refractivity contribution is 5.81. The molecule has 26 heavy (non-hydrogen) atoms. The van der Waals surface area contributed by atoms with Crippen LogP contribution in [0, 0.1) is 6.92 Å². The molecule has 136 valence electrons. The highest BCUT2D eigenvalue weighted by Crippen LogP contribution is 2.23. The average molecular weight is 353 g/mol. The van der Waals surface area contributed by atoms with Gasteiger partial charge in [-0.15, -0.1) is 0 Å². The summed E-state index contributed by atoms with van der Waals surface area (Å²) < 4.78 is 16.3. The Morgan fingerprint density at radius 3 is 2.50 bits per heavy atom. The zero-order valence-corrected chi connectivity index (χ0v) is 15.3. The third-order valence-electron chi connectivity index (χ3n) is 4.24. The molecule has 0 radical (unpaired) electrons. The van der Waals surface area contributed by atoms with E-state index in [0.717, 1.165) is 23.2 Å². The molecule has 0 amide bonds. The number of hydrogen-bond acceptors (Lipinski definition) is 5. The summed E-state index contributed by atoms with van der Waals surface area (Å²) in [5, 5.41) is 0.914. The molecule has 0 atom stereocenters. The number of methoxy groups -OCH3 is 1. The van der Waals surface area contributed by atoms with Crippen LogP contribution in [0.15, 0.2) is 57.7 Å². The van der Waals surface area contributed by atoms with Gasteiger partial charge in [0.2, 0.25) is 0 Å². The summed E-state index contributed by atoms with van der Waals surface area (Å²) >= 11 is 0. The Labute approximate surface area is 152 Å². The van der Waals surface area contributed by atoms with Gasteiger partial charge in [0.05, 0.1) is 7.11 Å². The monoisotopic (exact) mass is 353 g/mol. The zero-order valence-electron chi connectivity index (χ0n) is 15.3. The summed E-state index contributed by atoms with van der Waals surface area (Å²) in [7, 11) is 3.59. The molecular weight excluding hydrogens is 330 g/mol. The lowest BCUT2D eigenvalue weighted by molar-refractivity contribution is 0.233. The van der Waals surface area contributed by atoms with Crippen LogP contribution in [0.1, 0.15) is 11.1 Å². The first-order valence-corrected chi connectivity index (χ1v) is 8.54. The lowest BCUT2D eigenvalue weighted by atomic mass is 10.1. The highest BCUT2D eigenvalue weighted by atomic mass is 16.5. The normalized spacial score (nSPS) is 11.1. The van der Waals surface area contributed by atoms with Crippen LogP contribution in [-0.2, 0) is 6.54 Å². The van der Waals surface area contributed by atoms with E-state index in [1.54, 1.807) is 19.2 Å². The standard InChI is InChI=1S/C21H23NO4/c1-15-4-6-17(7-5-15)25-11-10-22(2)14-16-12-21(23)26-20-13-18(24-3)8-9-19(16)20/h4-9,12-13H,10-11,14H2,1-3H3. The van der Waals surface area contributed by atoms with Gasteiger partial charge in [-0.3, -0.25) is 4.90 Å². The summed E-state index contributed by atoms with van der Waals surface area (Å²) in [6.45, 7) is 4.00. The van der Waals surface area contributed by atoms with E-state index >= 15 is 0 Å². The van der Waals surface area contributed by atoms with Crippen LogP contribution >= 0.6 is 0 Å². The van der Waals surface area contributed by atoms with Crippen molar-refractivity contribution in [2.45, 2.75) is 13.5 Å². The Morgan fingerprint density at radius 2 is 1.77 bits per heavy atom. The van der Waals surface area contributed by atoms with Crippen LogP contribution in [0.3, 0.4) is 0 Å². The SMILES string of the molecule is COc1ccc2c(CN(C)CCOc3ccc(C)cc3)cc(=O)oc2c1. The largest absolute Gasteiger partial charge is 0.497 e. The number of ether oxygens (including phenoxy) is 2. The number of aryl methyl sites for hydroxylation is 1. The van der Waals surface area contributed by atoms with E-state index in [1.807, 2.05) is 50.4 Å². The minimum absolute atomic E-state index is 0.356. The molecule has 5 nitrogen and oxygen atoms in total. The first-order valence-electron chi connectivity index (χ1n) is 8.54. The highest BCUT2D eigenvalue weighted by Gasteiger charge is 2.09. The van der Waals surface area contributed by atoms with Crippen molar-refractivity contribution in [3.8, 4) is 11.5 Å². The summed E-state index contributed by atoms with van der Waals surface area (Å²) in [5.41, 5.74) is 2.32. The summed E-state index contributed by atoms with van der Waals surface area (Å²) in [4.78, 5) is 14.0. The molecule has 0 fully saturated rings. The minimum Gasteiger partial charge on any atom is -0.497 e. The van der Waals surface area contributed by atoms with Gasteiger partial charge in [0, 0.05) is 30.6 Å². The maximum atomic E-state index is 11.9. The lowest BCUT2D eigenvalue weighted by Gasteiger charge is -2.18. The molecule has 1 aromatic heterocycles. The number of fused-ring (bicyclic) bond motifs is 1. The molecule has 3 aromatic rings. The molecule has 0 bridgehead atoms. The second kappa shape index (κ2) is 8.06. The predicted octanol–water partition coefficient (Wildman–Crippen LogP) is 3.62. The lowest BCUT2D eigenvalue weighted by Crippen LogP contribution is -2.24. The molecule has 1 heterocycles. The van der Waals surface area contributed by atoms with Gasteiger partial charge in [0.25, 0.3) is 0 Å². The molecule has 0 aliphatic heterocycles. The van der Waals surface area contributed by atoms with Crippen molar-refractivity contribution in [1.82, 2.24) is 4.90 Å². The van der Waals surface area contributed by atoms with Crippen molar-refractivity contribution in [2.24, 2.45) is 0 Å². The molecule has 2 aromatic carbocycles. The third-order valence-corrected chi connectivity index (χ3v) is 4.24. The molecule has 0 unspecified atom stereocenters. The Kier molecular flexibility index (Phi) is 5.58. The van der Waals surface area contributed by atoms with Crippen molar-refractivity contribution < 1.29 is 13.9 Å². The smallest absolute Gasteiger partial charge is 0.336 e. The van der Waals surface area contributed by atoms with Crippen LogP contribution in [0.4, 0.5) is 0 Å². The molecule has 5 heteroatoms. The number of rotatable bonds is 7. The number of benzene rings is 2. The van der Waals surface area contributed by atoms with Gasteiger partial charge in [-0.25, -0.2) is 4.79 Å². The number of hydrogen-bond donors (Lipinski definition) is 0. The van der Waals surface area contributed by atoms with Gasteiger partial charge in [0.1, 0.15) is 23.7 Å². The molecule has 3 rings (SSSR count). The van der Waals surface area contributed by atoms with Crippen molar-refractivity contribution in [3.05, 3.63) is 70.1 Å². The Hall–Kier alpha value is -2.79. The fraction of sp³-hybridized carbons (Fsp3) is 0.286. The van der Waals surface area contributed by atoms with Crippen LogP contribution < -0.4 is 15.1 Å². The Bertz CT molecular complexity index is 931. The Balaban J connectivity index is 1.66. The van der Waals surface area contributed by atoms with E-state index in [0.29, 0.717) is 24.5 Å². The van der Waals surface area contributed by atoms with E-state index in [1.165, 1.54) is 5.56 Å². The number of nitrogens with zero attached hydrogens (tertiary/aromatic N) is 1. The van der Waals surface area contributed by atoms with E-state index in [2.05, 4.69) is 4.90 Å². The second-order valence-corrected chi connectivity index (χ2v) is 6.35.